The maximum Gasteiger partial charge on any atom is 0.128 e. The molecule has 5 N–H and O–H groups in total. The van der Waals surface area contributed by atoms with E-state index in [9.17, 15) is 5.11 Å². The molecule has 2 aromatic rings. The van der Waals surface area contributed by atoms with E-state index in [-0.39, 0.29) is 5.75 Å². The molecule has 3 heteroatoms. The molecule has 0 saturated heterocycles. The Kier molecular flexibility index (Phi) is 3.14. The van der Waals surface area contributed by atoms with Crippen LogP contribution in [0.1, 0.15) is 22.3 Å². The van der Waals surface area contributed by atoms with Gasteiger partial charge in [-0.3, -0.25) is 0 Å². The van der Waals surface area contributed by atoms with E-state index in [0.29, 0.717) is 5.69 Å². The lowest BCUT2D eigenvalue weighted by Crippen LogP contribution is -1.97. The van der Waals surface area contributed by atoms with Gasteiger partial charge in [-0.2, -0.15) is 0 Å². The summed E-state index contributed by atoms with van der Waals surface area (Å²) >= 11 is 0. The van der Waals surface area contributed by atoms with E-state index in [1.165, 1.54) is 0 Å². The smallest absolute Gasteiger partial charge is 0.128 e. The summed E-state index contributed by atoms with van der Waals surface area (Å²) in [6.45, 7) is 7.72. The summed E-state index contributed by atoms with van der Waals surface area (Å²) in [5.74, 6) is 0.242. The standard InChI is InChI=1S/C16H20N2O/c1-8-5-12(6-9(2)14(8)17)13-7-10(3)15(18)11(4)16(13)19/h5-7,19H,17-18H2,1-4H3. The van der Waals surface area contributed by atoms with Crippen molar-refractivity contribution in [3.63, 3.8) is 0 Å². The number of aromatic hydroxyl groups is 1. The van der Waals surface area contributed by atoms with Gasteiger partial charge < -0.3 is 16.6 Å². The molecule has 0 aliphatic heterocycles. The molecule has 0 amide bonds. The minimum absolute atomic E-state index is 0.242. The Labute approximate surface area is 113 Å². The van der Waals surface area contributed by atoms with Gasteiger partial charge in [0, 0.05) is 22.5 Å². The van der Waals surface area contributed by atoms with Crippen LogP contribution in [-0.2, 0) is 0 Å². The van der Waals surface area contributed by atoms with Crippen LogP contribution < -0.4 is 11.5 Å². The van der Waals surface area contributed by atoms with Crippen LogP contribution in [0, 0.1) is 27.7 Å². The fourth-order valence-corrected chi connectivity index (χ4v) is 2.34. The van der Waals surface area contributed by atoms with E-state index in [1.54, 1.807) is 0 Å². The summed E-state index contributed by atoms with van der Waals surface area (Å²) in [7, 11) is 0. The van der Waals surface area contributed by atoms with Crippen LogP contribution in [0.2, 0.25) is 0 Å². The first-order chi connectivity index (χ1) is 8.82. The average Bonchev–Trinajstić information content (AvgIpc) is 2.37. The Balaban J connectivity index is 2.73. The van der Waals surface area contributed by atoms with Crippen LogP contribution in [0.5, 0.6) is 5.75 Å². The molecule has 3 nitrogen and oxygen atoms in total. The number of aryl methyl sites for hydroxylation is 3. The Morgan fingerprint density at radius 3 is 1.79 bits per heavy atom. The first-order valence-electron chi connectivity index (χ1n) is 6.28. The molecular formula is C16H20N2O. The highest BCUT2D eigenvalue weighted by molar-refractivity contribution is 5.79. The molecule has 0 spiro atoms. The summed E-state index contributed by atoms with van der Waals surface area (Å²) in [4.78, 5) is 0. The van der Waals surface area contributed by atoms with E-state index < -0.39 is 0 Å². The Hall–Kier alpha value is -2.16. The van der Waals surface area contributed by atoms with Crippen LogP contribution in [0.4, 0.5) is 11.4 Å². The normalized spacial score (nSPS) is 10.7. The maximum atomic E-state index is 10.3. The van der Waals surface area contributed by atoms with E-state index >= 15 is 0 Å². The molecule has 0 fully saturated rings. The maximum absolute atomic E-state index is 10.3. The van der Waals surface area contributed by atoms with Crippen molar-refractivity contribution in [3.05, 3.63) is 40.5 Å². The van der Waals surface area contributed by atoms with Gasteiger partial charge in [0.25, 0.3) is 0 Å². The number of nitrogen functional groups attached to an aromatic ring is 2. The monoisotopic (exact) mass is 256 g/mol. The molecule has 0 bridgehead atoms. The number of benzene rings is 2. The highest BCUT2D eigenvalue weighted by Gasteiger charge is 2.13. The van der Waals surface area contributed by atoms with Crippen molar-refractivity contribution >= 4 is 11.4 Å². The number of hydrogen-bond acceptors (Lipinski definition) is 3. The van der Waals surface area contributed by atoms with Crippen LogP contribution in [0.15, 0.2) is 18.2 Å². The fraction of sp³-hybridized carbons (Fsp3) is 0.250. The fourth-order valence-electron chi connectivity index (χ4n) is 2.34. The molecule has 0 aliphatic carbocycles. The lowest BCUT2D eigenvalue weighted by atomic mass is 9.94. The van der Waals surface area contributed by atoms with E-state index in [2.05, 4.69) is 0 Å². The molecule has 0 heterocycles. The second-order valence-electron chi connectivity index (χ2n) is 5.15. The van der Waals surface area contributed by atoms with Gasteiger partial charge in [0.05, 0.1) is 0 Å². The second kappa shape index (κ2) is 4.50. The van der Waals surface area contributed by atoms with E-state index in [1.807, 2.05) is 45.9 Å². The van der Waals surface area contributed by atoms with Crippen molar-refractivity contribution in [2.24, 2.45) is 0 Å². The quantitative estimate of drug-likeness (QED) is 0.684. The van der Waals surface area contributed by atoms with Crippen molar-refractivity contribution in [2.45, 2.75) is 27.7 Å². The van der Waals surface area contributed by atoms with Crippen LogP contribution in [0.3, 0.4) is 0 Å². The highest BCUT2D eigenvalue weighted by Crippen LogP contribution is 2.38. The van der Waals surface area contributed by atoms with Crippen molar-refractivity contribution in [1.82, 2.24) is 0 Å². The molecule has 0 unspecified atom stereocenters. The minimum atomic E-state index is 0.242. The highest BCUT2D eigenvalue weighted by atomic mass is 16.3. The molecule has 0 aliphatic rings. The van der Waals surface area contributed by atoms with Crippen molar-refractivity contribution in [2.75, 3.05) is 11.5 Å². The summed E-state index contributed by atoms with van der Waals surface area (Å²) in [6.07, 6.45) is 0. The third kappa shape index (κ3) is 2.12. The Morgan fingerprint density at radius 1 is 0.789 bits per heavy atom. The van der Waals surface area contributed by atoms with Crippen LogP contribution in [-0.4, -0.2) is 5.11 Å². The van der Waals surface area contributed by atoms with Crippen molar-refractivity contribution in [3.8, 4) is 16.9 Å². The first kappa shape index (κ1) is 13.3. The number of nitrogens with two attached hydrogens (primary N) is 2. The predicted octanol–water partition coefficient (Wildman–Crippen LogP) is 3.46. The SMILES string of the molecule is Cc1cc(-c2cc(C)c(N)c(C)c2O)cc(C)c1N. The van der Waals surface area contributed by atoms with Gasteiger partial charge in [-0.25, -0.2) is 0 Å². The van der Waals surface area contributed by atoms with Crippen LogP contribution >= 0.6 is 0 Å². The zero-order valence-electron chi connectivity index (χ0n) is 11.8. The molecule has 0 atom stereocenters. The van der Waals surface area contributed by atoms with Gasteiger partial charge in [-0.05, 0) is 68.1 Å². The molecule has 0 aromatic heterocycles. The first-order valence-corrected chi connectivity index (χ1v) is 6.28. The second-order valence-corrected chi connectivity index (χ2v) is 5.15. The van der Waals surface area contributed by atoms with Crippen LogP contribution in [0.25, 0.3) is 11.1 Å². The molecule has 0 saturated carbocycles. The molecule has 2 rings (SSSR count). The lowest BCUT2D eigenvalue weighted by Gasteiger charge is -2.15. The van der Waals surface area contributed by atoms with E-state index in [0.717, 1.165) is 39.1 Å². The molecule has 100 valence electrons. The third-order valence-electron chi connectivity index (χ3n) is 3.70. The number of phenolic OH excluding ortho intramolecular Hbond substituents is 1. The molecular weight excluding hydrogens is 236 g/mol. The predicted molar refractivity (Wildman–Crippen MR) is 81.3 cm³/mol. The summed E-state index contributed by atoms with van der Waals surface area (Å²) in [5, 5.41) is 10.3. The van der Waals surface area contributed by atoms with Gasteiger partial charge in [-0.15, -0.1) is 0 Å². The number of rotatable bonds is 1. The van der Waals surface area contributed by atoms with Gasteiger partial charge in [-0.1, -0.05) is 0 Å². The molecule has 0 radical (unpaired) electrons. The van der Waals surface area contributed by atoms with Gasteiger partial charge in [0.15, 0.2) is 0 Å². The Bertz CT molecular complexity index is 637. The molecule has 2 aromatic carbocycles. The average molecular weight is 256 g/mol. The zero-order chi connectivity index (χ0) is 14.3. The largest absolute Gasteiger partial charge is 0.507 e. The Morgan fingerprint density at radius 2 is 1.26 bits per heavy atom. The minimum Gasteiger partial charge on any atom is -0.507 e. The third-order valence-corrected chi connectivity index (χ3v) is 3.70. The summed E-state index contributed by atoms with van der Waals surface area (Å²) in [6, 6.07) is 5.90. The van der Waals surface area contributed by atoms with Crippen molar-refractivity contribution in [1.29, 1.82) is 0 Å². The van der Waals surface area contributed by atoms with E-state index in [4.69, 9.17) is 11.5 Å². The van der Waals surface area contributed by atoms with Crippen molar-refractivity contribution < 1.29 is 5.11 Å². The number of hydrogen-bond donors (Lipinski definition) is 3. The summed E-state index contributed by atoms with van der Waals surface area (Å²) in [5.41, 5.74) is 18.8. The number of anilines is 2. The zero-order valence-corrected chi connectivity index (χ0v) is 11.8. The summed E-state index contributed by atoms with van der Waals surface area (Å²) < 4.78 is 0. The lowest BCUT2D eigenvalue weighted by molar-refractivity contribution is 0.473. The van der Waals surface area contributed by atoms with Gasteiger partial charge >= 0.3 is 0 Å². The topological polar surface area (TPSA) is 72.3 Å². The van der Waals surface area contributed by atoms with Gasteiger partial charge in [0.1, 0.15) is 5.75 Å². The number of phenols is 1. The molecule has 19 heavy (non-hydrogen) atoms. The van der Waals surface area contributed by atoms with Gasteiger partial charge in [0.2, 0.25) is 0 Å².